The molecule has 0 aromatic heterocycles. The summed E-state index contributed by atoms with van der Waals surface area (Å²) >= 11 is 5.98. The van der Waals surface area contributed by atoms with E-state index >= 15 is 0 Å². The highest BCUT2D eigenvalue weighted by atomic mass is 35.5. The Balaban J connectivity index is 0.000000755. The highest BCUT2D eigenvalue weighted by Crippen LogP contribution is 2.37. The molecule has 2 amide bonds. The predicted molar refractivity (Wildman–Crippen MR) is 108 cm³/mol. The molecule has 1 aliphatic carbocycles. The lowest BCUT2D eigenvalue weighted by Gasteiger charge is -2.50. The van der Waals surface area contributed by atoms with Crippen molar-refractivity contribution < 1.29 is 24.2 Å². The maximum Gasteiger partial charge on any atom is 0.290 e. The minimum absolute atomic E-state index is 0.0433. The molecule has 4 rings (SSSR count). The molecule has 2 aliphatic heterocycles. The van der Waals surface area contributed by atoms with Gasteiger partial charge in [0.2, 0.25) is 11.8 Å². The van der Waals surface area contributed by atoms with Gasteiger partial charge in [-0.25, -0.2) is 0 Å². The molecular weight excluding hydrogens is 396 g/mol. The summed E-state index contributed by atoms with van der Waals surface area (Å²) in [5, 5.41) is 10.8. The number of likely N-dealkylation sites (tertiary alicyclic amines) is 1. The van der Waals surface area contributed by atoms with E-state index in [1.165, 1.54) is 6.42 Å². The Morgan fingerprint density at radius 3 is 2.41 bits per heavy atom. The lowest BCUT2D eigenvalue weighted by molar-refractivity contribution is -0.157. The van der Waals surface area contributed by atoms with Crippen LogP contribution in [-0.4, -0.2) is 60.6 Å². The Kier molecular flexibility index (Phi) is 7.14. The summed E-state index contributed by atoms with van der Waals surface area (Å²) in [5.74, 6) is 0.174. The molecule has 3 aliphatic rings. The molecule has 158 valence electrons. The average Bonchev–Trinajstić information content (AvgIpc) is 3.17. The number of nitrogens with one attached hydrogen (secondary N) is 1. The van der Waals surface area contributed by atoms with Crippen LogP contribution in [0.4, 0.5) is 0 Å². The number of amides is 2. The molecule has 0 bridgehead atoms. The number of benzene rings is 1. The van der Waals surface area contributed by atoms with Crippen molar-refractivity contribution in [2.75, 3.05) is 26.3 Å². The van der Waals surface area contributed by atoms with E-state index in [1.54, 1.807) is 0 Å². The number of rotatable bonds is 5. The van der Waals surface area contributed by atoms with E-state index in [2.05, 4.69) is 5.32 Å². The van der Waals surface area contributed by atoms with Gasteiger partial charge in [-0.3, -0.25) is 14.4 Å². The normalized spacial score (nSPS) is 22.5. The smallest absolute Gasteiger partial charge is 0.290 e. The predicted octanol–water partition coefficient (Wildman–Crippen LogP) is 2.12. The van der Waals surface area contributed by atoms with E-state index in [9.17, 15) is 9.59 Å². The fraction of sp³-hybridized carbons (Fsp3) is 0.571. The van der Waals surface area contributed by atoms with E-state index in [0.29, 0.717) is 43.8 Å². The SMILES string of the molecule is O=C(C1CCOC1)N1CC(Cc2ccc(Cl)cc2)(C(=O)NC2CCC2)C1.O=CO. The van der Waals surface area contributed by atoms with Crippen LogP contribution in [0.25, 0.3) is 0 Å². The highest BCUT2D eigenvalue weighted by Gasteiger charge is 2.52. The van der Waals surface area contributed by atoms with Crippen molar-refractivity contribution in [2.24, 2.45) is 11.3 Å². The van der Waals surface area contributed by atoms with Crippen LogP contribution in [-0.2, 0) is 25.5 Å². The molecule has 1 atom stereocenters. The topological polar surface area (TPSA) is 95.9 Å². The fourth-order valence-corrected chi connectivity index (χ4v) is 4.17. The minimum atomic E-state index is -0.529. The number of ether oxygens (including phenoxy) is 1. The Bertz CT molecular complexity index is 723. The maximum absolute atomic E-state index is 13.0. The molecule has 1 saturated carbocycles. The first kappa shape index (κ1) is 21.6. The molecule has 29 heavy (non-hydrogen) atoms. The van der Waals surface area contributed by atoms with Crippen LogP contribution in [0.3, 0.4) is 0 Å². The molecule has 7 nitrogen and oxygen atoms in total. The van der Waals surface area contributed by atoms with E-state index < -0.39 is 5.41 Å². The van der Waals surface area contributed by atoms with Crippen LogP contribution >= 0.6 is 11.6 Å². The zero-order chi connectivity index (χ0) is 20.9. The van der Waals surface area contributed by atoms with E-state index in [-0.39, 0.29) is 24.2 Å². The van der Waals surface area contributed by atoms with Crippen molar-refractivity contribution in [3.63, 3.8) is 0 Å². The fourth-order valence-electron chi connectivity index (χ4n) is 4.05. The number of carbonyl (C=O) groups excluding carboxylic acids is 2. The van der Waals surface area contributed by atoms with Gasteiger partial charge in [0.1, 0.15) is 0 Å². The molecule has 8 heteroatoms. The van der Waals surface area contributed by atoms with Gasteiger partial charge in [-0.1, -0.05) is 23.7 Å². The molecule has 3 fully saturated rings. The molecule has 2 N–H and O–H groups in total. The second-order valence-electron chi connectivity index (χ2n) is 8.05. The van der Waals surface area contributed by atoms with Crippen molar-refractivity contribution in [1.82, 2.24) is 10.2 Å². The van der Waals surface area contributed by atoms with Gasteiger partial charge in [-0.2, -0.15) is 0 Å². The Morgan fingerprint density at radius 2 is 1.90 bits per heavy atom. The Hall–Kier alpha value is -2.12. The molecule has 0 spiro atoms. The second-order valence-corrected chi connectivity index (χ2v) is 8.48. The molecular formula is C21H27ClN2O5. The van der Waals surface area contributed by atoms with Crippen molar-refractivity contribution in [3.8, 4) is 0 Å². The van der Waals surface area contributed by atoms with E-state index in [4.69, 9.17) is 26.2 Å². The van der Waals surface area contributed by atoms with Gasteiger partial charge in [0.05, 0.1) is 17.9 Å². The summed E-state index contributed by atoms with van der Waals surface area (Å²) in [5.41, 5.74) is 0.549. The summed E-state index contributed by atoms with van der Waals surface area (Å²) in [7, 11) is 0. The third-order valence-corrected chi connectivity index (χ3v) is 6.21. The van der Waals surface area contributed by atoms with E-state index in [0.717, 1.165) is 24.8 Å². The molecule has 1 aromatic carbocycles. The zero-order valence-corrected chi connectivity index (χ0v) is 17.1. The number of nitrogens with zero attached hydrogens (tertiary/aromatic N) is 1. The first-order valence-corrected chi connectivity index (χ1v) is 10.3. The lowest BCUT2D eigenvalue weighted by atomic mass is 9.72. The Labute approximate surface area is 175 Å². The number of hydrogen-bond acceptors (Lipinski definition) is 4. The van der Waals surface area contributed by atoms with Crippen LogP contribution in [0, 0.1) is 11.3 Å². The minimum Gasteiger partial charge on any atom is -0.483 e. The van der Waals surface area contributed by atoms with Crippen LogP contribution in [0.5, 0.6) is 0 Å². The highest BCUT2D eigenvalue weighted by molar-refractivity contribution is 6.30. The van der Waals surface area contributed by atoms with Crippen LogP contribution < -0.4 is 5.32 Å². The summed E-state index contributed by atoms with van der Waals surface area (Å²) in [4.78, 5) is 35.8. The second kappa shape index (κ2) is 9.59. The van der Waals surface area contributed by atoms with E-state index in [1.807, 2.05) is 29.2 Å². The number of hydrogen-bond donors (Lipinski definition) is 2. The number of carboxylic acid groups (broad SMARTS) is 1. The standard InChI is InChI=1S/C20H25ClN2O3.CH2O2/c21-16-6-4-14(5-7-16)10-20(19(25)22-17-2-1-3-17)12-23(13-20)18(24)15-8-9-26-11-15;2-1-3/h4-7,15,17H,1-3,8-13H2,(H,22,25);1H,(H,2,3). The van der Waals surface area contributed by atoms with Gasteiger partial charge in [0.25, 0.3) is 6.47 Å². The third kappa shape index (κ3) is 5.08. The largest absolute Gasteiger partial charge is 0.483 e. The zero-order valence-electron chi connectivity index (χ0n) is 16.3. The van der Waals surface area contributed by atoms with Gasteiger partial charge in [-0.15, -0.1) is 0 Å². The summed E-state index contributed by atoms with van der Waals surface area (Å²) in [6, 6.07) is 7.95. The molecule has 2 heterocycles. The summed E-state index contributed by atoms with van der Waals surface area (Å²) < 4.78 is 5.34. The van der Waals surface area contributed by atoms with Crippen LogP contribution in [0.15, 0.2) is 24.3 Å². The van der Waals surface area contributed by atoms with Gasteiger partial charge >= 0.3 is 0 Å². The van der Waals surface area contributed by atoms with Crippen molar-refractivity contribution in [2.45, 2.75) is 38.1 Å². The number of halogens is 1. The van der Waals surface area contributed by atoms with Crippen LogP contribution in [0.1, 0.15) is 31.2 Å². The number of carbonyl (C=O) groups is 3. The summed E-state index contributed by atoms with van der Waals surface area (Å²) in [6.07, 6.45) is 4.72. The molecule has 1 unspecified atom stereocenters. The van der Waals surface area contributed by atoms with Crippen molar-refractivity contribution in [1.29, 1.82) is 0 Å². The summed E-state index contributed by atoms with van der Waals surface area (Å²) in [6.45, 7) is 1.89. The quantitative estimate of drug-likeness (QED) is 0.708. The molecule has 1 aromatic rings. The van der Waals surface area contributed by atoms with Crippen molar-refractivity contribution in [3.05, 3.63) is 34.9 Å². The van der Waals surface area contributed by atoms with Gasteiger partial charge in [-0.05, 0) is 49.8 Å². The first-order valence-electron chi connectivity index (χ1n) is 9.97. The van der Waals surface area contributed by atoms with Gasteiger partial charge < -0.3 is 20.1 Å². The van der Waals surface area contributed by atoms with Gasteiger partial charge in [0, 0.05) is 30.8 Å². The third-order valence-electron chi connectivity index (χ3n) is 5.96. The first-order chi connectivity index (χ1) is 14.0. The maximum atomic E-state index is 13.0. The monoisotopic (exact) mass is 422 g/mol. The molecule has 0 radical (unpaired) electrons. The van der Waals surface area contributed by atoms with Gasteiger partial charge in [0.15, 0.2) is 0 Å². The average molecular weight is 423 g/mol. The van der Waals surface area contributed by atoms with Crippen molar-refractivity contribution >= 4 is 29.9 Å². The lowest BCUT2D eigenvalue weighted by Crippen LogP contribution is -2.67. The Morgan fingerprint density at radius 1 is 1.24 bits per heavy atom. The molecule has 2 saturated heterocycles. The van der Waals surface area contributed by atoms with Crippen LogP contribution in [0.2, 0.25) is 5.02 Å².